The minimum Gasteiger partial charge on any atom is -0.465 e. The Morgan fingerprint density at radius 3 is 2.77 bits per heavy atom. The molecule has 0 fully saturated rings. The van der Waals surface area contributed by atoms with Crippen LogP contribution in [0, 0.1) is 0 Å². The number of benzene rings is 2. The quantitative estimate of drug-likeness (QED) is 0.539. The standard InChI is InChI=1S/C20H19N3O3/c1-21-10-9-14-11-22-15-7-8-16-18(17(14)15)23-19(26-16)12-3-5-13(6-4-12)20(24)25-2/h3-8,11,21-22H,9-10H2,1-2H3. The summed E-state index contributed by atoms with van der Waals surface area (Å²) in [7, 11) is 3.31. The van der Waals surface area contributed by atoms with E-state index < -0.39 is 0 Å². The number of esters is 1. The van der Waals surface area contributed by atoms with Gasteiger partial charge in [-0.15, -0.1) is 0 Å². The zero-order valence-electron chi connectivity index (χ0n) is 14.6. The number of hydrogen-bond acceptors (Lipinski definition) is 5. The number of aromatic nitrogens is 2. The lowest BCUT2D eigenvalue weighted by Gasteiger charge is -1.99. The summed E-state index contributed by atoms with van der Waals surface area (Å²) in [5, 5.41) is 4.27. The Morgan fingerprint density at radius 2 is 2.04 bits per heavy atom. The number of methoxy groups -OCH3 is 1. The fourth-order valence-corrected chi connectivity index (χ4v) is 3.12. The third kappa shape index (κ3) is 2.74. The largest absolute Gasteiger partial charge is 0.465 e. The first-order chi connectivity index (χ1) is 12.7. The maximum Gasteiger partial charge on any atom is 0.337 e. The number of carbonyl (C=O) groups is 1. The van der Waals surface area contributed by atoms with Gasteiger partial charge in [0.1, 0.15) is 5.52 Å². The van der Waals surface area contributed by atoms with E-state index in [4.69, 9.17) is 14.1 Å². The number of hydrogen-bond donors (Lipinski definition) is 2. The van der Waals surface area contributed by atoms with Crippen molar-refractivity contribution >= 4 is 28.0 Å². The Balaban J connectivity index is 1.78. The number of carbonyl (C=O) groups excluding carboxylic acids is 1. The van der Waals surface area contributed by atoms with Crippen LogP contribution in [0.4, 0.5) is 0 Å². The highest BCUT2D eigenvalue weighted by Crippen LogP contribution is 2.31. The molecule has 0 bridgehead atoms. The number of oxazole rings is 1. The number of likely N-dealkylation sites (N-methyl/N-ethyl adjacent to an activating group) is 1. The van der Waals surface area contributed by atoms with E-state index in [1.807, 2.05) is 37.5 Å². The van der Waals surface area contributed by atoms with Gasteiger partial charge in [-0.25, -0.2) is 9.78 Å². The molecule has 0 atom stereocenters. The molecular formula is C20H19N3O3. The number of aromatic amines is 1. The number of nitrogens with zero attached hydrogens (tertiary/aromatic N) is 1. The van der Waals surface area contributed by atoms with Crippen LogP contribution in [0.5, 0.6) is 0 Å². The molecule has 0 saturated heterocycles. The van der Waals surface area contributed by atoms with Crippen molar-refractivity contribution in [2.24, 2.45) is 0 Å². The van der Waals surface area contributed by atoms with E-state index in [0.717, 1.165) is 40.5 Å². The van der Waals surface area contributed by atoms with Crippen LogP contribution in [0.25, 0.3) is 33.5 Å². The summed E-state index contributed by atoms with van der Waals surface area (Å²) in [5.74, 6) is 0.169. The second-order valence-corrected chi connectivity index (χ2v) is 6.09. The minimum absolute atomic E-state index is 0.364. The first kappa shape index (κ1) is 16.4. The maximum atomic E-state index is 11.6. The highest BCUT2D eigenvalue weighted by Gasteiger charge is 2.15. The molecule has 0 radical (unpaired) electrons. The van der Waals surface area contributed by atoms with E-state index in [-0.39, 0.29) is 5.97 Å². The molecule has 4 aromatic rings. The van der Waals surface area contributed by atoms with E-state index in [2.05, 4.69) is 10.3 Å². The van der Waals surface area contributed by atoms with E-state index in [1.165, 1.54) is 12.7 Å². The monoisotopic (exact) mass is 349 g/mol. The fourth-order valence-electron chi connectivity index (χ4n) is 3.12. The molecule has 0 saturated carbocycles. The summed E-state index contributed by atoms with van der Waals surface area (Å²) in [5.41, 5.74) is 5.16. The molecule has 6 nitrogen and oxygen atoms in total. The molecule has 2 aromatic heterocycles. The molecule has 6 heteroatoms. The van der Waals surface area contributed by atoms with Crippen molar-refractivity contribution in [2.75, 3.05) is 20.7 Å². The number of ether oxygens (including phenoxy) is 1. The predicted molar refractivity (Wildman–Crippen MR) is 100 cm³/mol. The summed E-state index contributed by atoms with van der Waals surface area (Å²) in [6, 6.07) is 11.0. The number of fused-ring (bicyclic) bond motifs is 3. The SMILES string of the molecule is CNCCc1c[nH]c2ccc3oc(-c4ccc(C(=O)OC)cc4)nc3c12. The normalized spacial score (nSPS) is 11.3. The predicted octanol–water partition coefficient (Wildman–Crippen LogP) is 3.52. The van der Waals surface area contributed by atoms with E-state index in [1.54, 1.807) is 12.1 Å². The molecule has 0 aliphatic heterocycles. The molecule has 0 aliphatic rings. The molecule has 2 N–H and O–H groups in total. The molecule has 0 unspecified atom stereocenters. The third-order valence-corrected chi connectivity index (χ3v) is 4.48. The van der Waals surface area contributed by atoms with E-state index in [9.17, 15) is 4.79 Å². The molecule has 2 aromatic carbocycles. The summed E-state index contributed by atoms with van der Waals surface area (Å²) in [6.07, 6.45) is 2.94. The van der Waals surface area contributed by atoms with Crippen molar-refractivity contribution in [2.45, 2.75) is 6.42 Å². The highest BCUT2D eigenvalue weighted by atomic mass is 16.5. The first-order valence-electron chi connectivity index (χ1n) is 8.44. The summed E-state index contributed by atoms with van der Waals surface area (Å²) < 4.78 is 10.7. The molecule has 2 heterocycles. The molecule has 0 spiro atoms. The minimum atomic E-state index is -0.364. The zero-order valence-corrected chi connectivity index (χ0v) is 14.6. The van der Waals surface area contributed by atoms with E-state index in [0.29, 0.717) is 11.5 Å². The summed E-state index contributed by atoms with van der Waals surface area (Å²) in [4.78, 5) is 19.6. The van der Waals surface area contributed by atoms with Gasteiger partial charge in [-0.05, 0) is 62.0 Å². The molecule has 0 amide bonds. The average Bonchev–Trinajstić information content (AvgIpc) is 3.29. The summed E-state index contributed by atoms with van der Waals surface area (Å²) in [6.45, 7) is 0.892. The van der Waals surface area contributed by atoms with Gasteiger partial charge in [0.05, 0.1) is 12.7 Å². The van der Waals surface area contributed by atoms with Crippen molar-refractivity contribution in [3.8, 4) is 11.5 Å². The Labute approximate surface area is 150 Å². The van der Waals surface area contributed by atoms with Gasteiger partial charge in [0.15, 0.2) is 5.58 Å². The zero-order chi connectivity index (χ0) is 18.1. The fraction of sp³-hybridized carbons (Fsp3) is 0.200. The van der Waals surface area contributed by atoms with Crippen molar-refractivity contribution in [3.05, 3.63) is 53.7 Å². The topological polar surface area (TPSA) is 80.2 Å². The van der Waals surface area contributed by atoms with Gasteiger partial charge < -0.3 is 19.5 Å². The van der Waals surface area contributed by atoms with Gasteiger partial charge in [0.2, 0.25) is 5.89 Å². The second kappa shape index (κ2) is 6.65. The Morgan fingerprint density at radius 1 is 1.23 bits per heavy atom. The van der Waals surface area contributed by atoms with Crippen LogP contribution < -0.4 is 5.32 Å². The first-order valence-corrected chi connectivity index (χ1v) is 8.44. The van der Waals surface area contributed by atoms with Crippen LogP contribution in [0.2, 0.25) is 0 Å². The maximum absolute atomic E-state index is 11.6. The van der Waals surface area contributed by atoms with Crippen LogP contribution in [-0.2, 0) is 11.2 Å². The number of rotatable bonds is 5. The highest BCUT2D eigenvalue weighted by molar-refractivity contribution is 6.05. The van der Waals surface area contributed by atoms with E-state index >= 15 is 0 Å². The van der Waals surface area contributed by atoms with Crippen LogP contribution >= 0.6 is 0 Å². The molecule has 4 rings (SSSR count). The molecule has 132 valence electrons. The smallest absolute Gasteiger partial charge is 0.337 e. The van der Waals surface area contributed by atoms with Crippen LogP contribution in [-0.4, -0.2) is 36.6 Å². The van der Waals surface area contributed by atoms with Crippen molar-refractivity contribution in [1.82, 2.24) is 15.3 Å². The van der Waals surface area contributed by atoms with Crippen molar-refractivity contribution in [1.29, 1.82) is 0 Å². The van der Waals surface area contributed by atoms with Gasteiger partial charge in [-0.2, -0.15) is 0 Å². The summed E-state index contributed by atoms with van der Waals surface area (Å²) >= 11 is 0. The van der Waals surface area contributed by atoms with Crippen molar-refractivity contribution in [3.63, 3.8) is 0 Å². The molecule has 0 aliphatic carbocycles. The average molecular weight is 349 g/mol. The molecule has 26 heavy (non-hydrogen) atoms. The van der Waals surface area contributed by atoms with Gasteiger partial charge in [0, 0.05) is 22.7 Å². The van der Waals surface area contributed by atoms with Gasteiger partial charge in [-0.1, -0.05) is 0 Å². The second-order valence-electron chi connectivity index (χ2n) is 6.09. The molecular weight excluding hydrogens is 330 g/mol. The number of nitrogens with one attached hydrogen (secondary N) is 2. The van der Waals surface area contributed by atoms with Crippen molar-refractivity contribution < 1.29 is 13.9 Å². The Hall–Kier alpha value is -3.12. The Kier molecular flexibility index (Phi) is 4.18. The lowest BCUT2D eigenvalue weighted by atomic mass is 10.1. The van der Waals surface area contributed by atoms with Gasteiger partial charge >= 0.3 is 5.97 Å². The van der Waals surface area contributed by atoms with Crippen LogP contribution in [0.15, 0.2) is 47.0 Å². The lowest BCUT2D eigenvalue weighted by molar-refractivity contribution is 0.0600. The lowest BCUT2D eigenvalue weighted by Crippen LogP contribution is -2.09. The van der Waals surface area contributed by atoms with Crippen LogP contribution in [0.1, 0.15) is 15.9 Å². The Bertz CT molecular complexity index is 1080. The van der Waals surface area contributed by atoms with Crippen LogP contribution in [0.3, 0.4) is 0 Å². The number of H-pyrrole nitrogens is 1. The van der Waals surface area contributed by atoms with Gasteiger partial charge in [0.25, 0.3) is 0 Å². The third-order valence-electron chi connectivity index (χ3n) is 4.48. The van der Waals surface area contributed by atoms with Gasteiger partial charge in [-0.3, -0.25) is 0 Å².